The molecule has 32 heavy (non-hydrogen) atoms. The van der Waals surface area contributed by atoms with E-state index in [1.807, 2.05) is 52.9 Å². The Labute approximate surface area is 190 Å². The van der Waals surface area contributed by atoms with Gasteiger partial charge in [-0.3, -0.25) is 4.79 Å². The summed E-state index contributed by atoms with van der Waals surface area (Å²) in [6.45, 7) is 3.20. The van der Waals surface area contributed by atoms with E-state index >= 15 is 0 Å². The number of para-hydroxylation sites is 1. The van der Waals surface area contributed by atoms with Crippen molar-refractivity contribution in [1.29, 1.82) is 0 Å². The number of H-pyrrole nitrogens is 1. The second kappa shape index (κ2) is 8.89. The van der Waals surface area contributed by atoms with Gasteiger partial charge in [-0.1, -0.05) is 37.3 Å². The smallest absolute Gasteiger partial charge is 0.247 e. The van der Waals surface area contributed by atoms with Crippen LogP contribution in [0.25, 0.3) is 27.9 Å². The van der Waals surface area contributed by atoms with Crippen molar-refractivity contribution in [1.82, 2.24) is 9.88 Å². The maximum Gasteiger partial charge on any atom is 0.247 e. The van der Waals surface area contributed by atoms with Gasteiger partial charge in [0.2, 0.25) is 5.91 Å². The molecule has 0 aliphatic carbocycles. The number of carbonyl (C=O) groups is 1. The van der Waals surface area contributed by atoms with Crippen LogP contribution in [0.3, 0.4) is 0 Å². The third kappa shape index (κ3) is 4.12. The Kier molecular flexibility index (Phi) is 5.65. The molecule has 3 aromatic heterocycles. The lowest BCUT2D eigenvalue weighted by Crippen LogP contribution is -2.28. The molecule has 1 amide bonds. The molecule has 0 bridgehead atoms. The van der Waals surface area contributed by atoms with Crippen molar-refractivity contribution in [3.8, 4) is 0 Å². The molecule has 0 atom stereocenters. The van der Waals surface area contributed by atoms with Gasteiger partial charge < -0.3 is 14.3 Å². The van der Waals surface area contributed by atoms with E-state index in [0.29, 0.717) is 13.1 Å². The minimum atomic E-state index is -0.0140. The van der Waals surface area contributed by atoms with Crippen molar-refractivity contribution in [2.24, 2.45) is 0 Å². The van der Waals surface area contributed by atoms with E-state index in [2.05, 4.69) is 42.2 Å². The lowest BCUT2D eigenvalue weighted by molar-refractivity contribution is -0.127. The van der Waals surface area contributed by atoms with Crippen molar-refractivity contribution in [3.05, 3.63) is 100 Å². The number of thiophene rings is 1. The average molecular weight is 441 g/mol. The van der Waals surface area contributed by atoms with Gasteiger partial charge in [0.15, 0.2) is 0 Å². The Bertz CT molecular complexity index is 1390. The molecule has 5 rings (SSSR count). The molecule has 0 spiro atoms. The number of aryl methyl sites for hydroxylation is 1. The SMILES string of the molecule is CCc1oc2ccccc2c1/C=C/C(=O)N(Cc1ccc2[nH]ccc2c1)Cc1cccs1. The van der Waals surface area contributed by atoms with Gasteiger partial charge in [0.25, 0.3) is 0 Å². The monoisotopic (exact) mass is 440 g/mol. The molecule has 0 unspecified atom stereocenters. The zero-order valence-corrected chi connectivity index (χ0v) is 18.7. The summed E-state index contributed by atoms with van der Waals surface area (Å²) in [5.41, 5.74) is 4.05. The van der Waals surface area contributed by atoms with Gasteiger partial charge in [-0.05, 0) is 52.7 Å². The molecule has 2 aromatic carbocycles. The number of carbonyl (C=O) groups excluding carboxylic acids is 1. The highest BCUT2D eigenvalue weighted by atomic mass is 32.1. The Morgan fingerprint density at radius 2 is 2.00 bits per heavy atom. The number of hydrogen-bond donors (Lipinski definition) is 1. The summed E-state index contributed by atoms with van der Waals surface area (Å²) in [7, 11) is 0. The van der Waals surface area contributed by atoms with Gasteiger partial charge in [0, 0.05) is 46.6 Å². The molecule has 160 valence electrons. The number of fused-ring (bicyclic) bond motifs is 2. The Balaban J connectivity index is 1.43. The lowest BCUT2D eigenvalue weighted by Gasteiger charge is -2.21. The van der Waals surface area contributed by atoms with Crippen molar-refractivity contribution < 1.29 is 9.21 Å². The van der Waals surface area contributed by atoms with Crippen LogP contribution < -0.4 is 0 Å². The summed E-state index contributed by atoms with van der Waals surface area (Å²) < 4.78 is 5.98. The molecule has 0 saturated carbocycles. The van der Waals surface area contributed by atoms with Crippen LogP contribution in [-0.4, -0.2) is 15.8 Å². The summed E-state index contributed by atoms with van der Waals surface area (Å²) in [6.07, 6.45) is 6.30. The summed E-state index contributed by atoms with van der Waals surface area (Å²) in [5.74, 6) is 0.887. The Morgan fingerprint density at radius 1 is 1.09 bits per heavy atom. The van der Waals surface area contributed by atoms with Crippen molar-refractivity contribution in [2.75, 3.05) is 0 Å². The maximum atomic E-state index is 13.3. The zero-order chi connectivity index (χ0) is 21.9. The van der Waals surface area contributed by atoms with Gasteiger partial charge in [0.05, 0.1) is 6.54 Å². The van der Waals surface area contributed by atoms with Gasteiger partial charge in [-0.25, -0.2) is 0 Å². The summed E-state index contributed by atoms with van der Waals surface area (Å²) in [5, 5.41) is 4.24. The Morgan fingerprint density at radius 3 is 2.84 bits per heavy atom. The van der Waals surface area contributed by atoms with Crippen LogP contribution in [0.1, 0.15) is 28.7 Å². The third-order valence-electron chi connectivity index (χ3n) is 5.65. The molecular weight excluding hydrogens is 416 g/mol. The van der Waals surface area contributed by atoms with Crippen molar-refractivity contribution in [2.45, 2.75) is 26.4 Å². The van der Waals surface area contributed by atoms with Crippen molar-refractivity contribution in [3.63, 3.8) is 0 Å². The van der Waals surface area contributed by atoms with E-state index in [4.69, 9.17) is 4.42 Å². The molecule has 5 aromatic rings. The van der Waals surface area contributed by atoms with Crippen LogP contribution in [0, 0.1) is 0 Å². The van der Waals surface area contributed by atoms with E-state index in [1.165, 1.54) is 0 Å². The van der Waals surface area contributed by atoms with E-state index in [0.717, 1.165) is 50.1 Å². The lowest BCUT2D eigenvalue weighted by atomic mass is 10.1. The highest BCUT2D eigenvalue weighted by molar-refractivity contribution is 7.09. The van der Waals surface area contributed by atoms with Crippen LogP contribution in [0.4, 0.5) is 0 Å². The number of nitrogens with zero attached hydrogens (tertiary/aromatic N) is 1. The van der Waals surface area contributed by atoms with E-state index < -0.39 is 0 Å². The largest absolute Gasteiger partial charge is 0.460 e. The molecule has 0 aliphatic rings. The number of aromatic amines is 1. The minimum Gasteiger partial charge on any atom is -0.460 e. The topological polar surface area (TPSA) is 49.2 Å². The molecule has 0 aliphatic heterocycles. The van der Waals surface area contributed by atoms with Crippen LogP contribution in [0.5, 0.6) is 0 Å². The van der Waals surface area contributed by atoms with E-state index in [9.17, 15) is 4.79 Å². The molecule has 5 heteroatoms. The van der Waals surface area contributed by atoms with Gasteiger partial charge in [0.1, 0.15) is 11.3 Å². The third-order valence-corrected chi connectivity index (χ3v) is 6.52. The fourth-order valence-electron chi connectivity index (χ4n) is 4.05. The standard InChI is InChI=1S/C27H24N2O2S/c1-2-25-23(22-7-3-4-8-26(22)31-25)10-12-27(30)29(18-21-6-5-15-32-21)17-19-9-11-24-20(16-19)13-14-28-24/h3-16,28H,2,17-18H2,1H3/b12-10+. The maximum absolute atomic E-state index is 13.3. The first-order valence-corrected chi connectivity index (χ1v) is 11.6. The first-order valence-electron chi connectivity index (χ1n) is 10.8. The summed E-state index contributed by atoms with van der Waals surface area (Å²) >= 11 is 1.67. The second-order valence-electron chi connectivity index (χ2n) is 7.79. The molecule has 0 radical (unpaired) electrons. The van der Waals surface area contributed by atoms with Crippen molar-refractivity contribution >= 4 is 45.2 Å². The van der Waals surface area contributed by atoms with E-state index in [-0.39, 0.29) is 5.91 Å². The number of rotatable bonds is 7. The van der Waals surface area contributed by atoms with Crippen LogP contribution >= 0.6 is 11.3 Å². The predicted molar refractivity (Wildman–Crippen MR) is 131 cm³/mol. The number of aromatic nitrogens is 1. The van der Waals surface area contributed by atoms with Gasteiger partial charge in [-0.2, -0.15) is 0 Å². The normalized spacial score (nSPS) is 11.7. The number of hydrogen-bond acceptors (Lipinski definition) is 3. The van der Waals surface area contributed by atoms with Gasteiger partial charge >= 0.3 is 0 Å². The fraction of sp³-hybridized carbons (Fsp3) is 0.148. The summed E-state index contributed by atoms with van der Waals surface area (Å²) in [6, 6.07) is 20.4. The molecular formula is C27H24N2O2S. The van der Waals surface area contributed by atoms with E-state index in [1.54, 1.807) is 17.4 Å². The molecule has 0 fully saturated rings. The summed E-state index contributed by atoms with van der Waals surface area (Å²) in [4.78, 5) is 19.6. The highest BCUT2D eigenvalue weighted by Crippen LogP contribution is 2.27. The first kappa shape index (κ1) is 20.3. The fourth-order valence-corrected chi connectivity index (χ4v) is 4.76. The number of benzene rings is 2. The first-order chi connectivity index (χ1) is 15.7. The quantitative estimate of drug-likeness (QED) is 0.284. The highest BCUT2D eigenvalue weighted by Gasteiger charge is 2.15. The van der Waals surface area contributed by atoms with Gasteiger partial charge in [-0.15, -0.1) is 11.3 Å². The number of nitrogens with one attached hydrogen (secondary N) is 1. The van der Waals surface area contributed by atoms with Crippen LogP contribution in [-0.2, 0) is 24.3 Å². The molecule has 0 saturated heterocycles. The molecule has 1 N–H and O–H groups in total. The van der Waals surface area contributed by atoms with Crippen LogP contribution in [0.15, 0.2) is 82.7 Å². The Hall–Kier alpha value is -3.57. The predicted octanol–water partition coefficient (Wildman–Crippen LogP) is 6.78. The number of furan rings is 1. The minimum absolute atomic E-state index is 0.0140. The molecule has 4 nitrogen and oxygen atoms in total. The average Bonchev–Trinajstić information content (AvgIpc) is 3.56. The second-order valence-corrected chi connectivity index (χ2v) is 8.83. The molecule has 3 heterocycles. The number of amides is 1. The zero-order valence-electron chi connectivity index (χ0n) is 17.9. The van der Waals surface area contributed by atoms with Crippen LogP contribution in [0.2, 0.25) is 0 Å².